The van der Waals surface area contributed by atoms with Crippen molar-refractivity contribution in [2.45, 2.75) is 38.2 Å². The normalized spacial score (nSPS) is 24.8. The third-order valence-electron chi connectivity index (χ3n) is 2.10. The third kappa shape index (κ3) is 3.22. The molecular weight excluding hydrogens is 156 g/mol. The summed E-state index contributed by atoms with van der Waals surface area (Å²) < 4.78 is 10.1. The van der Waals surface area contributed by atoms with E-state index in [4.69, 9.17) is 9.47 Å². The Labute approximate surface area is 73.0 Å². The molecule has 1 rings (SSSR count). The first-order valence-corrected chi connectivity index (χ1v) is 4.51. The highest BCUT2D eigenvalue weighted by Crippen LogP contribution is 2.16. The highest BCUT2D eigenvalue weighted by molar-refractivity contribution is 5.69. The second-order valence-corrected chi connectivity index (χ2v) is 3.14. The van der Waals surface area contributed by atoms with Gasteiger partial charge in [0, 0.05) is 26.6 Å². The number of hydrogen-bond acceptors (Lipinski definition) is 3. The third-order valence-corrected chi connectivity index (χ3v) is 2.10. The zero-order valence-electron chi connectivity index (χ0n) is 7.54. The molecule has 0 aliphatic carbocycles. The molecule has 0 amide bonds. The molecular formula is C9H16O3. The SMILES string of the molecule is COCC[C@H]1CCCCC(=O)O1. The molecule has 1 fully saturated rings. The van der Waals surface area contributed by atoms with Crippen molar-refractivity contribution in [3.8, 4) is 0 Å². The van der Waals surface area contributed by atoms with Gasteiger partial charge in [-0.2, -0.15) is 0 Å². The van der Waals surface area contributed by atoms with Crippen molar-refractivity contribution >= 4 is 5.97 Å². The van der Waals surface area contributed by atoms with E-state index in [1.165, 1.54) is 0 Å². The first kappa shape index (κ1) is 9.52. The van der Waals surface area contributed by atoms with E-state index in [1.807, 2.05) is 0 Å². The molecule has 0 aromatic heterocycles. The summed E-state index contributed by atoms with van der Waals surface area (Å²) in [5.41, 5.74) is 0. The summed E-state index contributed by atoms with van der Waals surface area (Å²) in [5, 5.41) is 0. The fourth-order valence-corrected chi connectivity index (χ4v) is 1.40. The Morgan fingerprint density at radius 1 is 1.58 bits per heavy atom. The van der Waals surface area contributed by atoms with Gasteiger partial charge in [-0.05, 0) is 19.3 Å². The van der Waals surface area contributed by atoms with Crippen molar-refractivity contribution in [2.75, 3.05) is 13.7 Å². The molecule has 3 heteroatoms. The van der Waals surface area contributed by atoms with Gasteiger partial charge in [0.05, 0.1) is 0 Å². The van der Waals surface area contributed by atoms with Crippen molar-refractivity contribution < 1.29 is 14.3 Å². The molecule has 0 spiro atoms. The average Bonchev–Trinajstić information content (AvgIpc) is 2.26. The fraction of sp³-hybridized carbons (Fsp3) is 0.889. The smallest absolute Gasteiger partial charge is 0.306 e. The van der Waals surface area contributed by atoms with Gasteiger partial charge in [0.2, 0.25) is 0 Å². The maximum atomic E-state index is 11.0. The molecule has 3 nitrogen and oxygen atoms in total. The lowest BCUT2D eigenvalue weighted by Crippen LogP contribution is -2.17. The Kier molecular flexibility index (Phi) is 4.08. The maximum Gasteiger partial charge on any atom is 0.306 e. The Morgan fingerprint density at radius 3 is 3.17 bits per heavy atom. The van der Waals surface area contributed by atoms with Crippen molar-refractivity contribution in [1.82, 2.24) is 0 Å². The molecule has 0 radical (unpaired) electrons. The van der Waals surface area contributed by atoms with Crippen LogP contribution in [-0.2, 0) is 14.3 Å². The molecule has 12 heavy (non-hydrogen) atoms. The summed E-state index contributed by atoms with van der Waals surface area (Å²) in [5.74, 6) is -0.0476. The number of methoxy groups -OCH3 is 1. The van der Waals surface area contributed by atoms with Gasteiger partial charge in [-0.1, -0.05) is 0 Å². The molecule has 0 aromatic carbocycles. The molecule has 0 unspecified atom stereocenters. The Bertz CT molecular complexity index is 145. The number of esters is 1. The highest BCUT2D eigenvalue weighted by atomic mass is 16.5. The summed E-state index contributed by atoms with van der Waals surface area (Å²) in [6.07, 6.45) is 4.59. The van der Waals surface area contributed by atoms with E-state index in [9.17, 15) is 4.79 Å². The average molecular weight is 172 g/mol. The van der Waals surface area contributed by atoms with Gasteiger partial charge in [-0.25, -0.2) is 0 Å². The molecule has 1 saturated heterocycles. The second-order valence-electron chi connectivity index (χ2n) is 3.14. The number of hydrogen-bond donors (Lipinski definition) is 0. The number of ether oxygens (including phenoxy) is 2. The molecule has 1 aliphatic heterocycles. The summed E-state index contributed by atoms with van der Waals surface area (Å²) in [6, 6.07) is 0. The van der Waals surface area contributed by atoms with Crippen molar-refractivity contribution in [1.29, 1.82) is 0 Å². The molecule has 0 aromatic rings. The van der Waals surface area contributed by atoms with Gasteiger partial charge in [-0.15, -0.1) is 0 Å². The van der Waals surface area contributed by atoms with Crippen LogP contribution in [0.1, 0.15) is 32.1 Å². The first-order chi connectivity index (χ1) is 5.83. The van der Waals surface area contributed by atoms with Crippen LogP contribution in [0.2, 0.25) is 0 Å². The lowest BCUT2D eigenvalue weighted by Gasteiger charge is -2.13. The van der Waals surface area contributed by atoms with Gasteiger partial charge in [0.25, 0.3) is 0 Å². The maximum absolute atomic E-state index is 11.0. The summed E-state index contributed by atoms with van der Waals surface area (Å²) in [6.45, 7) is 0.679. The van der Waals surface area contributed by atoms with Gasteiger partial charge in [0.15, 0.2) is 0 Å². The van der Waals surface area contributed by atoms with Gasteiger partial charge in [-0.3, -0.25) is 4.79 Å². The first-order valence-electron chi connectivity index (χ1n) is 4.51. The van der Waals surface area contributed by atoms with E-state index in [-0.39, 0.29) is 12.1 Å². The standard InChI is InChI=1S/C9H16O3/c1-11-7-6-8-4-2-3-5-9(10)12-8/h8H,2-7H2,1H3/t8-/m1/s1. The topological polar surface area (TPSA) is 35.5 Å². The van der Waals surface area contributed by atoms with Crippen molar-refractivity contribution in [2.24, 2.45) is 0 Å². The quantitative estimate of drug-likeness (QED) is 0.605. The Balaban J connectivity index is 2.26. The minimum absolute atomic E-state index is 0.0476. The lowest BCUT2D eigenvalue weighted by atomic mass is 10.1. The highest BCUT2D eigenvalue weighted by Gasteiger charge is 2.17. The summed E-state index contributed by atoms with van der Waals surface area (Å²) in [7, 11) is 1.67. The number of carbonyl (C=O) groups excluding carboxylic acids is 1. The Hall–Kier alpha value is -0.570. The zero-order valence-corrected chi connectivity index (χ0v) is 7.54. The molecule has 1 heterocycles. The zero-order chi connectivity index (χ0) is 8.81. The molecule has 0 saturated carbocycles. The van der Waals surface area contributed by atoms with E-state index in [0.29, 0.717) is 13.0 Å². The molecule has 1 atom stereocenters. The lowest BCUT2D eigenvalue weighted by molar-refractivity contribution is -0.148. The minimum atomic E-state index is -0.0476. The van der Waals surface area contributed by atoms with E-state index in [1.54, 1.807) is 7.11 Å². The van der Waals surface area contributed by atoms with E-state index < -0.39 is 0 Å². The van der Waals surface area contributed by atoms with Crippen LogP contribution in [0.4, 0.5) is 0 Å². The largest absolute Gasteiger partial charge is 0.462 e. The van der Waals surface area contributed by atoms with Crippen LogP contribution in [0.15, 0.2) is 0 Å². The van der Waals surface area contributed by atoms with Crippen LogP contribution in [0, 0.1) is 0 Å². The number of cyclic esters (lactones) is 1. The van der Waals surface area contributed by atoms with Crippen LogP contribution in [0.25, 0.3) is 0 Å². The predicted molar refractivity (Wildman–Crippen MR) is 44.8 cm³/mol. The number of carbonyl (C=O) groups is 1. The molecule has 70 valence electrons. The van der Waals surface area contributed by atoms with Crippen molar-refractivity contribution in [3.63, 3.8) is 0 Å². The van der Waals surface area contributed by atoms with E-state index in [0.717, 1.165) is 25.7 Å². The molecule has 1 aliphatic rings. The van der Waals surface area contributed by atoms with Gasteiger partial charge < -0.3 is 9.47 Å². The predicted octanol–water partition coefficient (Wildman–Crippen LogP) is 1.51. The van der Waals surface area contributed by atoms with Crippen LogP contribution in [-0.4, -0.2) is 25.8 Å². The monoisotopic (exact) mass is 172 g/mol. The Morgan fingerprint density at radius 2 is 2.42 bits per heavy atom. The van der Waals surface area contributed by atoms with E-state index >= 15 is 0 Å². The summed E-state index contributed by atoms with van der Waals surface area (Å²) in [4.78, 5) is 11.0. The van der Waals surface area contributed by atoms with Crippen LogP contribution in [0.3, 0.4) is 0 Å². The minimum Gasteiger partial charge on any atom is -0.462 e. The fourth-order valence-electron chi connectivity index (χ4n) is 1.40. The van der Waals surface area contributed by atoms with E-state index in [2.05, 4.69) is 0 Å². The number of rotatable bonds is 3. The summed E-state index contributed by atoms with van der Waals surface area (Å²) >= 11 is 0. The molecule has 0 N–H and O–H groups in total. The van der Waals surface area contributed by atoms with Gasteiger partial charge in [0.1, 0.15) is 6.10 Å². The van der Waals surface area contributed by atoms with Gasteiger partial charge >= 0.3 is 5.97 Å². The second kappa shape index (κ2) is 5.14. The van der Waals surface area contributed by atoms with Crippen LogP contribution >= 0.6 is 0 Å². The molecule has 0 bridgehead atoms. The van der Waals surface area contributed by atoms with Crippen LogP contribution in [0.5, 0.6) is 0 Å². The van der Waals surface area contributed by atoms with Crippen molar-refractivity contribution in [3.05, 3.63) is 0 Å². The van der Waals surface area contributed by atoms with Crippen LogP contribution < -0.4 is 0 Å².